The molecule has 1 fully saturated rings. The third kappa shape index (κ3) is 6.19. The number of rotatable bonds is 9. The van der Waals surface area contributed by atoms with Crippen LogP contribution in [0.1, 0.15) is 78.1 Å². The van der Waals surface area contributed by atoms with E-state index in [1.54, 1.807) is 0 Å². The second-order valence-electron chi connectivity index (χ2n) is 6.03. The smallest absolute Gasteiger partial charge is 0.0647 e. The van der Waals surface area contributed by atoms with Gasteiger partial charge < -0.3 is 9.84 Å². The first-order valence-electron chi connectivity index (χ1n) is 8.00. The highest BCUT2D eigenvalue weighted by Gasteiger charge is 2.24. The molecule has 0 aromatic carbocycles. The molecule has 0 aliphatic carbocycles. The summed E-state index contributed by atoms with van der Waals surface area (Å²) in [6.45, 7) is 6.26. The quantitative estimate of drug-likeness (QED) is 0.623. The van der Waals surface area contributed by atoms with Gasteiger partial charge in [-0.3, -0.25) is 0 Å². The second kappa shape index (κ2) is 8.92. The van der Waals surface area contributed by atoms with Gasteiger partial charge in [0.2, 0.25) is 0 Å². The van der Waals surface area contributed by atoms with E-state index in [1.807, 2.05) is 0 Å². The number of ether oxygens (including phenoxy) is 1. The number of unbranched alkanes of at least 4 members (excludes halogenated alkanes) is 1. The van der Waals surface area contributed by atoms with Crippen molar-refractivity contribution in [3.8, 4) is 0 Å². The molecule has 1 heterocycles. The van der Waals surface area contributed by atoms with Crippen molar-refractivity contribution in [3.05, 3.63) is 0 Å². The van der Waals surface area contributed by atoms with Gasteiger partial charge in [0.1, 0.15) is 0 Å². The Bertz CT molecular complexity index is 191. The molecule has 1 N–H and O–H groups in total. The SMILES string of the molecule is CCCC(O)(CCC)CCCCC1CCOCC1. The Kier molecular flexibility index (Phi) is 7.92. The molecule has 0 amide bonds. The lowest BCUT2D eigenvalue weighted by Crippen LogP contribution is -2.28. The van der Waals surface area contributed by atoms with Gasteiger partial charge in [0.15, 0.2) is 0 Å². The molecular weight excluding hydrogens is 224 g/mol. The first-order valence-corrected chi connectivity index (χ1v) is 8.00. The molecule has 0 saturated carbocycles. The van der Waals surface area contributed by atoms with Gasteiger partial charge in [0.05, 0.1) is 5.60 Å². The minimum atomic E-state index is -0.376. The summed E-state index contributed by atoms with van der Waals surface area (Å²) in [5.74, 6) is 0.879. The third-order valence-corrected chi connectivity index (χ3v) is 4.28. The Labute approximate surface area is 113 Å². The largest absolute Gasteiger partial charge is 0.390 e. The number of aliphatic hydroxyl groups is 1. The Hall–Kier alpha value is -0.0800. The summed E-state index contributed by atoms with van der Waals surface area (Å²) in [4.78, 5) is 0. The summed E-state index contributed by atoms with van der Waals surface area (Å²) < 4.78 is 5.38. The van der Waals surface area contributed by atoms with Crippen LogP contribution < -0.4 is 0 Å². The average molecular weight is 256 g/mol. The Morgan fingerprint density at radius 3 is 2.17 bits per heavy atom. The van der Waals surface area contributed by atoms with Crippen molar-refractivity contribution in [3.63, 3.8) is 0 Å². The molecule has 0 spiro atoms. The van der Waals surface area contributed by atoms with Crippen molar-refractivity contribution in [2.45, 2.75) is 83.7 Å². The molecule has 0 radical (unpaired) electrons. The highest BCUT2D eigenvalue weighted by molar-refractivity contribution is 4.77. The molecule has 0 bridgehead atoms. The van der Waals surface area contributed by atoms with Crippen LogP contribution in [-0.4, -0.2) is 23.9 Å². The molecule has 108 valence electrons. The molecule has 0 unspecified atom stereocenters. The summed E-state index contributed by atoms with van der Waals surface area (Å²) in [5, 5.41) is 10.5. The molecule has 0 atom stereocenters. The predicted octanol–water partition coefficient (Wildman–Crippen LogP) is 4.30. The van der Waals surface area contributed by atoms with E-state index in [1.165, 1.54) is 32.1 Å². The van der Waals surface area contributed by atoms with Gasteiger partial charge in [-0.1, -0.05) is 46.0 Å². The van der Waals surface area contributed by atoms with E-state index in [4.69, 9.17) is 4.74 Å². The minimum Gasteiger partial charge on any atom is -0.390 e. The van der Waals surface area contributed by atoms with E-state index in [-0.39, 0.29) is 5.60 Å². The van der Waals surface area contributed by atoms with Crippen LogP contribution in [0.5, 0.6) is 0 Å². The van der Waals surface area contributed by atoms with Crippen molar-refractivity contribution in [1.82, 2.24) is 0 Å². The fraction of sp³-hybridized carbons (Fsp3) is 1.00. The average Bonchev–Trinajstić information content (AvgIpc) is 2.37. The number of hydrogen-bond donors (Lipinski definition) is 1. The molecule has 18 heavy (non-hydrogen) atoms. The van der Waals surface area contributed by atoms with Crippen LogP contribution in [0.3, 0.4) is 0 Å². The van der Waals surface area contributed by atoms with Crippen LogP contribution in [0.2, 0.25) is 0 Å². The van der Waals surface area contributed by atoms with Crippen LogP contribution in [-0.2, 0) is 4.74 Å². The summed E-state index contributed by atoms with van der Waals surface area (Å²) in [6.07, 6.45) is 11.4. The van der Waals surface area contributed by atoms with Crippen molar-refractivity contribution >= 4 is 0 Å². The molecule has 1 aliphatic rings. The zero-order valence-corrected chi connectivity index (χ0v) is 12.4. The van der Waals surface area contributed by atoms with Crippen molar-refractivity contribution in [1.29, 1.82) is 0 Å². The summed E-state index contributed by atoms with van der Waals surface area (Å²) in [5.41, 5.74) is -0.376. The number of hydrogen-bond acceptors (Lipinski definition) is 2. The van der Waals surface area contributed by atoms with Crippen LogP contribution in [0.25, 0.3) is 0 Å². The van der Waals surface area contributed by atoms with Gasteiger partial charge in [-0.2, -0.15) is 0 Å². The first kappa shape index (κ1) is 16.0. The van der Waals surface area contributed by atoms with Gasteiger partial charge >= 0.3 is 0 Å². The monoisotopic (exact) mass is 256 g/mol. The van der Waals surface area contributed by atoms with Gasteiger partial charge in [-0.05, 0) is 38.0 Å². The zero-order chi connectivity index (χ0) is 13.3. The van der Waals surface area contributed by atoms with E-state index in [0.717, 1.165) is 51.2 Å². The van der Waals surface area contributed by atoms with Crippen LogP contribution in [0.15, 0.2) is 0 Å². The third-order valence-electron chi connectivity index (χ3n) is 4.28. The highest BCUT2D eigenvalue weighted by atomic mass is 16.5. The van der Waals surface area contributed by atoms with E-state index < -0.39 is 0 Å². The van der Waals surface area contributed by atoms with Gasteiger partial charge in [0, 0.05) is 13.2 Å². The Balaban J connectivity index is 2.13. The van der Waals surface area contributed by atoms with E-state index >= 15 is 0 Å². The molecule has 1 rings (SSSR count). The first-order chi connectivity index (χ1) is 8.70. The van der Waals surface area contributed by atoms with Crippen molar-refractivity contribution in [2.75, 3.05) is 13.2 Å². The lowest BCUT2D eigenvalue weighted by atomic mass is 9.86. The van der Waals surface area contributed by atoms with E-state index in [9.17, 15) is 5.11 Å². The zero-order valence-electron chi connectivity index (χ0n) is 12.4. The van der Waals surface area contributed by atoms with Gasteiger partial charge in [-0.25, -0.2) is 0 Å². The van der Waals surface area contributed by atoms with Crippen LogP contribution in [0.4, 0.5) is 0 Å². The maximum absolute atomic E-state index is 10.5. The van der Waals surface area contributed by atoms with E-state index in [2.05, 4.69) is 13.8 Å². The normalized spacial score (nSPS) is 18.2. The standard InChI is InChI=1S/C16H32O2/c1-3-10-16(17,11-4-2)12-6-5-7-15-8-13-18-14-9-15/h15,17H,3-14H2,1-2H3. The molecule has 0 aromatic heterocycles. The van der Waals surface area contributed by atoms with Crippen molar-refractivity contribution in [2.24, 2.45) is 5.92 Å². The fourth-order valence-corrected chi connectivity index (χ4v) is 3.23. The molecule has 1 aliphatic heterocycles. The molecule has 2 heteroatoms. The van der Waals surface area contributed by atoms with E-state index in [0.29, 0.717) is 0 Å². The predicted molar refractivity (Wildman–Crippen MR) is 76.8 cm³/mol. The van der Waals surface area contributed by atoms with Gasteiger partial charge in [-0.15, -0.1) is 0 Å². The van der Waals surface area contributed by atoms with Crippen LogP contribution in [0, 0.1) is 5.92 Å². The highest BCUT2D eigenvalue weighted by Crippen LogP contribution is 2.28. The summed E-state index contributed by atoms with van der Waals surface area (Å²) in [6, 6.07) is 0. The molecule has 2 nitrogen and oxygen atoms in total. The minimum absolute atomic E-state index is 0.376. The summed E-state index contributed by atoms with van der Waals surface area (Å²) in [7, 11) is 0. The maximum atomic E-state index is 10.5. The summed E-state index contributed by atoms with van der Waals surface area (Å²) >= 11 is 0. The molecule has 0 aromatic rings. The maximum Gasteiger partial charge on any atom is 0.0647 e. The topological polar surface area (TPSA) is 29.5 Å². The Morgan fingerprint density at radius 2 is 1.61 bits per heavy atom. The Morgan fingerprint density at radius 1 is 1.00 bits per heavy atom. The molecular formula is C16H32O2. The van der Waals surface area contributed by atoms with Gasteiger partial charge in [0.25, 0.3) is 0 Å². The fourth-order valence-electron chi connectivity index (χ4n) is 3.23. The molecule has 1 saturated heterocycles. The lowest BCUT2D eigenvalue weighted by molar-refractivity contribution is 0.00948. The second-order valence-corrected chi connectivity index (χ2v) is 6.03. The lowest BCUT2D eigenvalue weighted by Gasteiger charge is -2.28. The van der Waals surface area contributed by atoms with Crippen molar-refractivity contribution < 1.29 is 9.84 Å². The van der Waals surface area contributed by atoms with Crippen LogP contribution >= 0.6 is 0 Å².